The molecule has 0 aliphatic heterocycles. The van der Waals surface area contributed by atoms with Crippen molar-refractivity contribution in [1.82, 2.24) is 9.55 Å². The highest BCUT2D eigenvalue weighted by Crippen LogP contribution is 2.13. The number of aromatic carboxylic acids is 1. The maximum atomic E-state index is 12.6. The Balaban J connectivity index is 2.04. The van der Waals surface area contributed by atoms with Gasteiger partial charge in [-0.2, -0.15) is 0 Å². The molecule has 7 nitrogen and oxygen atoms in total. The van der Waals surface area contributed by atoms with E-state index in [9.17, 15) is 14.4 Å². The zero-order valence-electron chi connectivity index (χ0n) is 13.8. The SMILES string of the molecule is CN(C)c1ccc(Cn2c(=O)[nH]c3cc(C(=O)O)ccc3c2=O)cc1. The molecule has 25 heavy (non-hydrogen) atoms. The number of nitrogens with one attached hydrogen (secondary N) is 1. The standard InChI is InChI=1S/C18H17N3O4/c1-20(2)13-6-3-11(4-7-13)10-21-16(22)14-8-5-12(17(23)24)9-15(14)19-18(21)25/h3-9H,10H2,1-2H3,(H,19,25)(H,23,24). The third kappa shape index (κ3) is 3.16. The first-order valence-electron chi connectivity index (χ1n) is 7.63. The summed E-state index contributed by atoms with van der Waals surface area (Å²) in [6.45, 7) is 0.137. The Morgan fingerprint density at radius 1 is 1.12 bits per heavy atom. The molecule has 0 bridgehead atoms. The summed E-state index contributed by atoms with van der Waals surface area (Å²) < 4.78 is 1.10. The van der Waals surface area contributed by atoms with Gasteiger partial charge in [0.05, 0.1) is 23.0 Å². The van der Waals surface area contributed by atoms with Gasteiger partial charge >= 0.3 is 11.7 Å². The Hall–Kier alpha value is -3.35. The number of anilines is 1. The molecule has 1 heterocycles. The number of benzene rings is 2. The van der Waals surface area contributed by atoms with Gasteiger partial charge in [0.2, 0.25) is 0 Å². The lowest BCUT2D eigenvalue weighted by atomic mass is 10.1. The van der Waals surface area contributed by atoms with E-state index in [1.807, 2.05) is 43.3 Å². The van der Waals surface area contributed by atoms with Gasteiger partial charge in [-0.05, 0) is 35.9 Å². The van der Waals surface area contributed by atoms with Crippen molar-refractivity contribution in [2.45, 2.75) is 6.54 Å². The van der Waals surface area contributed by atoms with Crippen molar-refractivity contribution < 1.29 is 9.90 Å². The monoisotopic (exact) mass is 339 g/mol. The van der Waals surface area contributed by atoms with E-state index in [4.69, 9.17) is 5.11 Å². The van der Waals surface area contributed by atoms with Crippen LogP contribution in [0.1, 0.15) is 15.9 Å². The summed E-state index contributed by atoms with van der Waals surface area (Å²) >= 11 is 0. The van der Waals surface area contributed by atoms with Crippen LogP contribution in [0.2, 0.25) is 0 Å². The topological polar surface area (TPSA) is 95.4 Å². The molecule has 0 atom stereocenters. The Morgan fingerprint density at radius 3 is 2.40 bits per heavy atom. The molecule has 2 N–H and O–H groups in total. The quantitative estimate of drug-likeness (QED) is 0.751. The fourth-order valence-electron chi connectivity index (χ4n) is 2.61. The molecule has 0 saturated carbocycles. The van der Waals surface area contributed by atoms with Crippen molar-refractivity contribution in [2.24, 2.45) is 0 Å². The van der Waals surface area contributed by atoms with Gasteiger partial charge in [-0.3, -0.25) is 9.36 Å². The number of carboxylic acid groups (broad SMARTS) is 1. The van der Waals surface area contributed by atoms with E-state index >= 15 is 0 Å². The van der Waals surface area contributed by atoms with Crippen molar-refractivity contribution in [3.05, 3.63) is 74.4 Å². The Morgan fingerprint density at radius 2 is 1.80 bits per heavy atom. The summed E-state index contributed by atoms with van der Waals surface area (Å²) in [4.78, 5) is 40.4. The molecule has 7 heteroatoms. The summed E-state index contributed by atoms with van der Waals surface area (Å²) in [5.41, 5.74) is 1.04. The predicted octanol–water partition coefficient (Wildman–Crippen LogP) is 1.50. The average Bonchev–Trinajstić information content (AvgIpc) is 2.58. The van der Waals surface area contributed by atoms with E-state index in [2.05, 4.69) is 4.98 Å². The van der Waals surface area contributed by atoms with E-state index in [1.165, 1.54) is 18.2 Å². The zero-order valence-corrected chi connectivity index (χ0v) is 13.8. The lowest BCUT2D eigenvalue weighted by molar-refractivity contribution is 0.0697. The van der Waals surface area contributed by atoms with E-state index < -0.39 is 17.2 Å². The summed E-state index contributed by atoms with van der Waals surface area (Å²) in [6, 6.07) is 11.6. The predicted molar refractivity (Wildman–Crippen MR) is 95.7 cm³/mol. The third-order valence-electron chi connectivity index (χ3n) is 4.02. The van der Waals surface area contributed by atoms with Gasteiger partial charge in [-0.15, -0.1) is 0 Å². The number of carboxylic acids is 1. The van der Waals surface area contributed by atoms with Crippen molar-refractivity contribution in [3.63, 3.8) is 0 Å². The highest BCUT2D eigenvalue weighted by molar-refractivity contribution is 5.92. The number of hydrogen-bond acceptors (Lipinski definition) is 4. The number of rotatable bonds is 4. The van der Waals surface area contributed by atoms with Crippen LogP contribution in [-0.4, -0.2) is 34.7 Å². The van der Waals surface area contributed by atoms with Crippen LogP contribution in [0.25, 0.3) is 10.9 Å². The Labute approximate surface area is 142 Å². The summed E-state index contributed by atoms with van der Waals surface area (Å²) in [7, 11) is 3.86. The highest BCUT2D eigenvalue weighted by Gasteiger charge is 2.11. The van der Waals surface area contributed by atoms with Gasteiger partial charge in [0.1, 0.15) is 0 Å². The molecule has 0 saturated heterocycles. The van der Waals surface area contributed by atoms with Crippen molar-refractivity contribution in [1.29, 1.82) is 0 Å². The number of aromatic amines is 1. The van der Waals surface area contributed by atoms with E-state index in [0.717, 1.165) is 15.8 Å². The zero-order chi connectivity index (χ0) is 18.1. The van der Waals surface area contributed by atoms with E-state index in [0.29, 0.717) is 0 Å². The second-order valence-corrected chi connectivity index (χ2v) is 5.95. The smallest absolute Gasteiger partial charge is 0.335 e. The second-order valence-electron chi connectivity index (χ2n) is 5.95. The molecule has 3 rings (SSSR count). The first-order valence-corrected chi connectivity index (χ1v) is 7.63. The van der Waals surface area contributed by atoms with Crippen LogP contribution in [0.4, 0.5) is 5.69 Å². The Bertz CT molecular complexity index is 1060. The molecule has 0 unspecified atom stereocenters. The molecule has 3 aromatic rings. The maximum absolute atomic E-state index is 12.6. The van der Waals surface area contributed by atoms with Crippen LogP contribution in [0.5, 0.6) is 0 Å². The maximum Gasteiger partial charge on any atom is 0.335 e. The molecule has 0 aliphatic carbocycles. The normalized spacial score (nSPS) is 10.8. The lowest BCUT2D eigenvalue weighted by Gasteiger charge is -2.13. The number of carbonyl (C=O) groups is 1. The molecule has 2 aromatic carbocycles. The first-order chi connectivity index (χ1) is 11.9. The third-order valence-corrected chi connectivity index (χ3v) is 4.02. The minimum Gasteiger partial charge on any atom is -0.478 e. The summed E-state index contributed by atoms with van der Waals surface area (Å²) in [5, 5.41) is 9.29. The minimum atomic E-state index is -1.12. The van der Waals surface area contributed by atoms with Gasteiger partial charge in [0.15, 0.2) is 0 Å². The van der Waals surface area contributed by atoms with Gasteiger partial charge in [-0.1, -0.05) is 12.1 Å². The highest BCUT2D eigenvalue weighted by atomic mass is 16.4. The number of aromatic nitrogens is 2. The molecule has 0 aliphatic rings. The number of nitrogens with zero attached hydrogens (tertiary/aromatic N) is 2. The Kier molecular flexibility index (Phi) is 4.14. The van der Waals surface area contributed by atoms with E-state index in [1.54, 1.807) is 0 Å². The molecule has 128 valence electrons. The first kappa shape index (κ1) is 16.5. The number of fused-ring (bicyclic) bond motifs is 1. The van der Waals surface area contributed by atoms with Crippen LogP contribution in [0, 0.1) is 0 Å². The fourth-order valence-corrected chi connectivity index (χ4v) is 2.61. The van der Waals surface area contributed by atoms with Crippen molar-refractivity contribution in [3.8, 4) is 0 Å². The number of H-pyrrole nitrogens is 1. The largest absolute Gasteiger partial charge is 0.478 e. The minimum absolute atomic E-state index is 0.0135. The van der Waals surface area contributed by atoms with Crippen LogP contribution < -0.4 is 16.1 Å². The number of hydrogen-bond donors (Lipinski definition) is 2. The summed E-state index contributed by atoms with van der Waals surface area (Å²) in [6.07, 6.45) is 0. The van der Waals surface area contributed by atoms with Crippen molar-refractivity contribution in [2.75, 3.05) is 19.0 Å². The molecule has 0 radical (unpaired) electrons. The van der Waals surface area contributed by atoms with E-state index in [-0.39, 0.29) is 23.0 Å². The molecule has 0 spiro atoms. The molecule has 0 amide bonds. The van der Waals surface area contributed by atoms with Crippen LogP contribution in [-0.2, 0) is 6.54 Å². The van der Waals surface area contributed by atoms with Gasteiger partial charge < -0.3 is 15.0 Å². The van der Waals surface area contributed by atoms with Gasteiger partial charge in [-0.25, -0.2) is 9.59 Å². The van der Waals surface area contributed by atoms with Crippen LogP contribution in [0.3, 0.4) is 0 Å². The van der Waals surface area contributed by atoms with Gasteiger partial charge in [0.25, 0.3) is 5.56 Å². The van der Waals surface area contributed by atoms with Gasteiger partial charge in [0, 0.05) is 19.8 Å². The molecular formula is C18H17N3O4. The van der Waals surface area contributed by atoms with Crippen LogP contribution >= 0.6 is 0 Å². The molecule has 0 fully saturated rings. The van der Waals surface area contributed by atoms with Crippen molar-refractivity contribution >= 4 is 22.6 Å². The molecular weight excluding hydrogens is 322 g/mol. The summed E-state index contributed by atoms with van der Waals surface area (Å²) in [5.74, 6) is -1.12. The average molecular weight is 339 g/mol. The molecule has 1 aromatic heterocycles. The lowest BCUT2D eigenvalue weighted by Crippen LogP contribution is -2.35. The fraction of sp³-hybridized carbons (Fsp3) is 0.167. The van der Waals surface area contributed by atoms with Crippen LogP contribution in [0.15, 0.2) is 52.1 Å². The second kappa shape index (κ2) is 6.27.